The van der Waals surface area contributed by atoms with E-state index in [0.29, 0.717) is 18.6 Å². The number of nitrogens with two attached hydrogens (primary N) is 1. The average molecular weight is 279 g/mol. The molecule has 114 valence electrons. The Labute approximate surface area is 122 Å². The summed E-state index contributed by atoms with van der Waals surface area (Å²) in [6, 6.07) is 2.06. The summed E-state index contributed by atoms with van der Waals surface area (Å²) in [4.78, 5) is 16.6. The molecule has 4 nitrogen and oxygen atoms in total. The van der Waals surface area contributed by atoms with Crippen molar-refractivity contribution in [3.8, 4) is 0 Å². The molecule has 2 N–H and O–H groups in total. The predicted octanol–water partition coefficient (Wildman–Crippen LogP) is 1.73. The lowest BCUT2D eigenvalue weighted by atomic mass is 9.90. The van der Waals surface area contributed by atoms with Crippen molar-refractivity contribution in [2.45, 2.75) is 75.9 Å². The van der Waals surface area contributed by atoms with E-state index < -0.39 is 0 Å². The smallest absolute Gasteiger partial charge is 0.231 e. The van der Waals surface area contributed by atoms with Gasteiger partial charge in [-0.3, -0.25) is 14.6 Å². The summed E-state index contributed by atoms with van der Waals surface area (Å²) in [6.07, 6.45) is 12.0. The van der Waals surface area contributed by atoms with Gasteiger partial charge in [-0.05, 0) is 51.6 Å². The van der Waals surface area contributed by atoms with Crippen molar-refractivity contribution in [3.63, 3.8) is 0 Å². The highest BCUT2D eigenvalue weighted by atomic mass is 16.1. The van der Waals surface area contributed by atoms with Crippen molar-refractivity contribution in [3.05, 3.63) is 0 Å². The number of carbonyl (C=O) groups is 1. The van der Waals surface area contributed by atoms with E-state index >= 15 is 0 Å². The van der Waals surface area contributed by atoms with Crippen molar-refractivity contribution < 1.29 is 4.79 Å². The van der Waals surface area contributed by atoms with Crippen molar-refractivity contribution in [2.24, 2.45) is 5.73 Å². The van der Waals surface area contributed by atoms with Gasteiger partial charge in [-0.15, -0.1) is 0 Å². The van der Waals surface area contributed by atoms with E-state index in [9.17, 15) is 4.79 Å². The summed E-state index contributed by atoms with van der Waals surface area (Å²) < 4.78 is 0. The largest absolute Gasteiger partial charge is 0.369 e. The fourth-order valence-corrected chi connectivity index (χ4v) is 4.77. The second-order valence-corrected chi connectivity index (χ2v) is 6.89. The van der Waals surface area contributed by atoms with Crippen LogP contribution in [0.3, 0.4) is 0 Å². The fraction of sp³-hybridized carbons (Fsp3) is 0.938. The number of hydrogen-bond acceptors (Lipinski definition) is 3. The first-order valence-electron chi connectivity index (χ1n) is 8.54. The van der Waals surface area contributed by atoms with Crippen LogP contribution in [0.15, 0.2) is 0 Å². The molecule has 0 aromatic rings. The number of nitrogens with zero attached hydrogens (tertiary/aromatic N) is 2. The lowest BCUT2D eigenvalue weighted by Gasteiger charge is -2.47. The minimum atomic E-state index is -0.163. The lowest BCUT2D eigenvalue weighted by molar-refractivity contribution is -0.120. The third-order valence-electron chi connectivity index (χ3n) is 5.60. The van der Waals surface area contributed by atoms with Gasteiger partial charge in [-0.2, -0.15) is 0 Å². The predicted molar refractivity (Wildman–Crippen MR) is 80.4 cm³/mol. The first kappa shape index (κ1) is 14.3. The number of primary amides is 1. The minimum absolute atomic E-state index is 0.163. The maximum Gasteiger partial charge on any atom is 0.231 e. The molecule has 1 aliphatic carbocycles. The normalized spacial score (nSPS) is 33.8. The van der Waals surface area contributed by atoms with Gasteiger partial charge in [0.25, 0.3) is 0 Å². The molecule has 2 aliphatic heterocycles. The highest BCUT2D eigenvalue weighted by Crippen LogP contribution is 2.34. The minimum Gasteiger partial charge on any atom is -0.369 e. The molecule has 0 aromatic heterocycles. The Hall–Kier alpha value is -0.610. The Morgan fingerprint density at radius 2 is 1.60 bits per heavy atom. The van der Waals surface area contributed by atoms with Gasteiger partial charge >= 0.3 is 0 Å². The molecule has 3 aliphatic rings. The van der Waals surface area contributed by atoms with Crippen LogP contribution in [0.5, 0.6) is 0 Å². The molecule has 1 amide bonds. The zero-order chi connectivity index (χ0) is 13.9. The first-order valence-corrected chi connectivity index (χ1v) is 8.54. The van der Waals surface area contributed by atoms with Crippen LogP contribution in [0.1, 0.15) is 57.8 Å². The third kappa shape index (κ3) is 3.01. The summed E-state index contributed by atoms with van der Waals surface area (Å²) in [5.41, 5.74) is 5.46. The van der Waals surface area contributed by atoms with Gasteiger partial charge < -0.3 is 5.73 Å². The highest BCUT2D eigenvalue weighted by Gasteiger charge is 2.39. The number of amides is 1. The fourth-order valence-electron chi connectivity index (χ4n) is 4.77. The van der Waals surface area contributed by atoms with Crippen molar-refractivity contribution in [2.75, 3.05) is 19.6 Å². The Balaban J connectivity index is 1.74. The van der Waals surface area contributed by atoms with Gasteiger partial charge in [0, 0.05) is 18.1 Å². The number of carbonyl (C=O) groups excluding carboxylic acids is 1. The Bertz CT molecular complexity index is 341. The molecule has 0 bridgehead atoms. The molecule has 20 heavy (non-hydrogen) atoms. The van der Waals surface area contributed by atoms with Crippen molar-refractivity contribution >= 4 is 5.91 Å². The van der Waals surface area contributed by atoms with Crippen LogP contribution in [0, 0.1) is 0 Å². The van der Waals surface area contributed by atoms with Crippen LogP contribution < -0.4 is 5.73 Å². The molecule has 2 atom stereocenters. The van der Waals surface area contributed by atoms with Gasteiger partial charge in [0.2, 0.25) is 5.91 Å². The topological polar surface area (TPSA) is 49.6 Å². The zero-order valence-electron chi connectivity index (χ0n) is 12.6. The number of piperidine rings is 1. The van der Waals surface area contributed by atoms with Crippen LogP contribution in [0.4, 0.5) is 0 Å². The molecule has 4 heteroatoms. The van der Waals surface area contributed by atoms with Gasteiger partial charge in [-0.25, -0.2) is 0 Å². The van der Waals surface area contributed by atoms with Crippen LogP contribution in [-0.4, -0.2) is 53.5 Å². The van der Waals surface area contributed by atoms with Crippen molar-refractivity contribution in [1.29, 1.82) is 0 Å². The molecule has 0 unspecified atom stereocenters. The van der Waals surface area contributed by atoms with Gasteiger partial charge in [-0.1, -0.05) is 19.3 Å². The molecule has 0 aromatic carbocycles. The molecular weight excluding hydrogens is 250 g/mol. The molecule has 3 rings (SSSR count). The van der Waals surface area contributed by atoms with Gasteiger partial charge in [0.05, 0.1) is 6.54 Å². The Morgan fingerprint density at radius 3 is 2.35 bits per heavy atom. The second kappa shape index (κ2) is 6.44. The maximum absolute atomic E-state index is 11.4. The Morgan fingerprint density at radius 1 is 0.900 bits per heavy atom. The zero-order valence-corrected chi connectivity index (χ0v) is 12.6. The summed E-state index contributed by atoms with van der Waals surface area (Å²) in [7, 11) is 0. The van der Waals surface area contributed by atoms with Crippen molar-refractivity contribution in [1.82, 2.24) is 9.80 Å². The monoisotopic (exact) mass is 279 g/mol. The van der Waals surface area contributed by atoms with E-state index in [-0.39, 0.29) is 5.91 Å². The van der Waals surface area contributed by atoms with Crippen LogP contribution in [0.2, 0.25) is 0 Å². The summed E-state index contributed by atoms with van der Waals surface area (Å²) in [6.45, 7) is 2.79. The van der Waals surface area contributed by atoms with Crippen LogP contribution in [-0.2, 0) is 4.79 Å². The summed E-state index contributed by atoms with van der Waals surface area (Å²) >= 11 is 0. The molecule has 1 saturated carbocycles. The number of likely N-dealkylation sites (tertiary alicyclic amines) is 2. The second-order valence-electron chi connectivity index (χ2n) is 6.89. The van der Waals surface area contributed by atoms with E-state index in [1.807, 2.05) is 0 Å². The Kier molecular flexibility index (Phi) is 4.61. The number of fused-ring (bicyclic) bond motifs is 1. The summed E-state index contributed by atoms with van der Waals surface area (Å²) in [5, 5.41) is 0. The SMILES string of the molecule is NC(=O)CN1CCCC[C@@H]2[C@H]1CCCN2C1CCCC1. The maximum atomic E-state index is 11.4. The van der Waals surface area contributed by atoms with E-state index in [1.165, 1.54) is 64.3 Å². The standard InChI is InChI=1S/C16H29N3O/c17-16(20)12-18-10-4-3-8-15-14(18)9-5-11-19(15)13-6-1-2-7-13/h13-15H,1-12H2,(H2,17,20)/t14-,15-/m1/s1. The molecule has 0 radical (unpaired) electrons. The first-order chi connectivity index (χ1) is 9.75. The van der Waals surface area contributed by atoms with E-state index in [0.717, 1.165) is 12.6 Å². The third-order valence-corrected chi connectivity index (χ3v) is 5.60. The number of rotatable bonds is 3. The molecule has 2 heterocycles. The van der Waals surface area contributed by atoms with E-state index in [2.05, 4.69) is 9.80 Å². The molecule has 3 fully saturated rings. The number of hydrogen-bond donors (Lipinski definition) is 1. The van der Waals surface area contributed by atoms with Gasteiger partial charge in [0.1, 0.15) is 0 Å². The molecule has 0 spiro atoms. The average Bonchev–Trinajstić information content (AvgIpc) is 2.88. The highest BCUT2D eigenvalue weighted by molar-refractivity contribution is 5.76. The van der Waals surface area contributed by atoms with Gasteiger partial charge in [0.15, 0.2) is 0 Å². The summed E-state index contributed by atoms with van der Waals surface area (Å²) in [5.74, 6) is -0.163. The van der Waals surface area contributed by atoms with Crippen LogP contribution in [0.25, 0.3) is 0 Å². The molecular formula is C16H29N3O. The van der Waals surface area contributed by atoms with Crippen LogP contribution >= 0.6 is 0 Å². The van der Waals surface area contributed by atoms with E-state index in [4.69, 9.17) is 5.73 Å². The quantitative estimate of drug-likeness (QED) is 0.856. The molecule has 2 saturated heterocycles. The lowest BCUT2D eigenvalue weighted by Crippen LogP contribution is -2.58. The van der Waals surface area contributed by atoms with E-state index in [1.54, 1.807) is 0 Å².